The molecule has 0 fully saturated rings. The molecule has 0 aromatic carbocycles. The van der Waals surface area contributed by atoms with E-state index in [1.807, 2.05) is 20.1 Å². The lowest BCUT2D eigenvalue weighted by molar-refractivity contribution is -0.00785. The fourth-order valence-corrected chi connectivity index (χ4v) is 2.88. The van der Waals surface area contributed by atoms with Crippen LogP contribution in [0, 0.1) is 17.4 Å². The highest BCUT2D eigenvalue weighted by atomic mass is 32.1. The molecule has 1 heterocycles. The number of hydrogen-bond donors (Lipinski definition) is 0. The van der Waals surface area contributed by atoms with Crippen LogP contribution in [-0.4, -0.2) is 5.60 Å². The first-order valence-corrected chi connectivity index (χ1v) is 6.31. The van der Waals surface area contributed by atoms with Crippen LogP contribution < -0.4 is 0 Å². The van der Waals surface area contributed by atoms with Crippen LogP contribution in [0.2, 0.25) is 0 Å². The van der Waals surface area contributed by atoms with E-state index in [0.29, 0.717) is 0 Å². The maximum Gasteiger partial charge on any atom is 0.286 e. The Morgan fingerprint density at radius 3 is 2.44 bits per heavy atom. The summed E-state index contributed by atoms with van der Waals surface area (Å²) in [6, 6.07) is 4.20. The van der Waals surface area contributed by atoms with E-state index in [0.717, 1.165) is 0 Å². The maximum atomic E-state index is 8.68. The van der Waals surface area contributed by atoms with Gasteiger partial charge in [-0.3, -0.25) is 0 Å². The molecule has 0 amide bonds. The summed E-state index contributed by atoms with van der Waals surface area (Å²) in [5.41, 5.74) is -0.434. The third-order valence-electron chi connectivity index (χ3n) is 3.59. The van der Waals surface area contributed by atoms with E-state index in [9.17, 15) is 0 Å². The van der Waals surface area contributed by atoms with Crippen LogP contribution in [0.25, 0.3) is 0 Å². The Morgan fingerprint density at radius 2 is 2.00 bits per heavy atom. The van der Waals surface area contributed by atoms with Crippen LogP contribution in [0.15, 0.2) is 17.5 Å². The zero-order chi connectivity index (χ0) is 12.4. The summed E-state index contributed by atoms with van der Waals surface area (Å²) in [6.45, 7) is 10.5. The quantitative estimate of drug-likeness (QED) is 0.743. The van der Waals surface area contributed by atoms with Gasteiger partial charge in [-0.15, -0.1) is 11.3 Å². The van der Waals surface area contributed by atoms with Gasteiger partial charge in [-0.1, -0.05) is 26.8 Å². The summed E-state index contributed by atoms with van der Waals surface area (Å²) in [6.07, 6.45) is 1.81. The summed E-state index contributed by atoms with van der Waals surface area (Å²) in [7, 11) is 0. The Bertz CT molecular complexity index is 373. The first kappa shape index (κ1) is 13.1. The van der Waals surface area contributed by atoms with Gasteiger partial charge in [0.1, 0.15) is 5.60 Å². The number of nitriles is 1. The monoisotopic (exact) mass is 237 g/mol. The Hall–Kier alpha value is -1.01. The van der Waals surface area contributed by atoms with Gasteiger partial charge >= 0.3 is 0 Å². The SMILES string of the molecule is C[C@@H](C(C)(C)OC#N)C(C)(C)c1cccs1. The van der Waals surface area contributed by atoms with Crippen molar-refractivity contribution >= 4 is 11.3 Å². The second-order valence-electron chi connectivity index (χ2n) is 5.22. The van der Waals surface area contributed by atoms with Gasteiger partial charge in [-0.05, 0) is 25.3 Å². The molecule has 0 aliphatic rings. The molecule has 1 aromatic rings. The van der Waals surface area contributed by atoms with Crippen molar-refractivity contribution in [1.29, 1.82) is 5.26 Å². The lowest BCUT2D eigenvalue weighted by Gasteiger charge is -2.40. The van der Waals surface area contributed by atoms with Crippen LogP contribution in [0.1, 0.15) is 39.5 Å². The molecule has 1 rings (SSSR count). The minimum absolute atomic E-state index is 0.00845. The summed E-state index contributed by atoms with van der Waals surface area (Å²) in [5, 5.41) is 10.8. The largest absolute Gasteiger partial charge is 0.421 e. The Morgan fingerprint density at radius 1 is 1.38 bits per heavy atom. The van der Waals surface area contributed by atoms with Gasteiger partial charge in [0.05, 0.1) is 0 Å². The Labute approximate surface area is 102 Å². The van der Waals surface area contributed by atoms with Crippen molar-refractivity contribution < 1.29 is 4.74 Å². The molecule has 88 valence electrons. The topological polar surface area (TPSA) is 33.0 Å². The zero-order valence-electron chi connectivity index (χ0n) is 10.6. The van der Waals surface area contributed by atoms with Crippen molar-refractivity contribution in [2.45, 2.75) is 45.6 Å². The molecule has 3 heteroatoms. The molecule has 0 N–H and O–H groups in total. The normalized spacial score (nSPS) is 14.2. The van der Waals surface area contributed by atoms with E-state index in [4.69, 9.17) is 10.00 Å². The second-order valence-corrected chi connectivity index (χ2v) is 6.17. The van der Waals surface area contributed by atoms with Gasteiger partial charge in [-0.25, -0.2) is 0 Å². The van der Waals surface area contributed by atoms with Crippen molar-refractivity contribution in [3.8, 4) is 6.26 Å². The van der Waals surface area contributed by atoms with E-state index in [2.05, 4.69) is 38.3 Å². The van der Waals surface area contributed by atoms with Crippen LogP contribution in [-0.2, 0) is 10.2 Å². The zero-order valence-corrected chi connectivity index (χ0v) is 11.4. The van der Waals surface area contributed by atoms with E-state index in [1.54, 1.807) is 11.3 Å². The van der Waals surface area contributed by atoms with Gasteiger partial charge < -0.3 is 4.74 Å². The third kappa shape index (κ3) is 2.38. The fourth-order valence-electron chi connectivity index (χ4n) is 1.93. The molecule has 0 radical (unpaired) electrons. The van der Waals surface area contributed by atoms with Crippen molar-refractivity contribution in [2.75, 3.05) is 0 Å². The second kappa shape index (κ2) is 4.47. The van der Waals surface area contributed by atoms with E-state index in [-0.39, 0.29) is 11.3 Å². The Balaban J connectivity index is 2.97. The summed E-state index contributed by atoms with van der Waals surface area (Å²) >= 11 is 1.75. The van der Waals surface area contributed by atoms with Gasteiger partial charge in [-0.2, -0.15) is 5.26 Å². The van der Waals surface area contributed by atoms with Gasteiger partial charge in [0.2, 0.25) is 0 Å². The van der Waals surface area contributed by atoms with E-state index in [1.165, 1.54) is 4.88 Å². The highest BCUT2D eigenvalue weighted by Crippen LogP contribution is 2.41. The lowest BCUT2D eigenvalue weighted by Crippen LogP contribution is -2.42. The summed E-state index contributed by atoms with van der Waals surface area (Å²) < 4.78 is 5.19. The molecule has 1 atom stereocenters. The fraction of sp³-hybridized carbons (Fsp3) is 0.615. The standard InChI is InChI=1S/C13H19NOS/c1-10(13(4,5)15-9-14)12(2,3)11-7-6-8-16-11/h6-8,10H,1-5H3/t10-/m1/s1. The molecule has 2 nitrogen and oxygen atoms in total. The van der Waals surface area contributed by atoms with Crippen molar-refractivity contribution in [3.05, 3.63) is 22.4 Å². The molecule has 1 aromatic heterocycles. The maximum absolute atomic E-state index is 8.68. The average Bonchev–Trinajstić information content (AvgIpc) is 2.69. The third-order valence-corrected chi connectivity index (χ3v) is 4.80. The smallest absolute Gasteiger partial charge is 0.286 e. The molecule has 0 saturated carbocycles. The van der Waals surface area contributed by atoms with Crippen LogP contribution in [0.4, 0.5) is 0 Å². The molecule has 0 bridgehead atoms. The minimum Gasteiger partial charge on any atom is -0.421 e. The van der Waals surface area contributed by atoms with Crippen LogP contribution >= 0.6 is 11.3 Å². The molecule has 0 spiro atoms. The predicted octanol–water partition coefficient (Wildman–Crippen LogP) is 3.94. The first-order valence-electron chi connectivity index (χ1n) is 5.43. The molecule has 0 aliphatic carbocycles. The summed E-state index contributed by atoms with van der Waals surface area (Å²) in [4.78, 5) is 1.33. The highest BCUT2D eigenvalue weighted by Gasteiger charge is 2.40. The Kier molecular flexibility index (Phi) is 3.64. The molecule has 0 unspecified atom stereocenters. The van der Waals surface area contributed by atoms with Crippen molar-refractivity contribution in [2.24, 2.45) is 5.92 Å². The van der Waals surface area contributed by atoms with Crippen LogP contribution in [0.5, 0.6) is 0 Å². The number of hydrogen-bond acceptors (Lipinski definition) is 3. The lowest BCUT2D eigenvalue weighted by atomic mass is 9.71. The van der Waals surface area contributed by atoms with E-state index >= 15 is 0 Å². The van der Waals surface area contributed by atoms with Gasteiger partial charge in [0.15, 0.2) is 0 Å². The highest BCUT2D eigenvalue weighted by molar-refractivity contribution is 7.10. The number of thiophene rings is 1. The summed E-state index contributed by atoms with van der Waals surface area (Å²) in [5.74, 6) is 0.248. The molecular weight excluding hydrogens is 218 g/mol. The van der Waals surface area contributed by atoms with Crippen LogP contribution in [0.3, 0.4) is 0 Å². The molecular formula is C13H19NOS. The number of ether oxygens (including phenoxy) is 1. The average molecular weight is 237 g/mol. The number of rotatable bonds is 4. The molecule has 0 aliphatic heterocycles. The van der Waals surface area contributed by atoms with Crippen molar-refractivity contribution in [3.63, 3.8) is 0 Å². The molecule has 0 saturated heterocycles. The predicted molar refractivity (Wildman–Crippen MR) is 67.3 cm³/mol. The molecule has 16 heavy (non-hydrogen) atoms. The van der Waals surface area contributed by atoms with Gasteiger partial charge in [0.25, 0.3) is 6.26 Å². The minimum atomic E-state index is -0.442. The first-order chi connectivity index (χ1) is 7.32. The van der Waals surface area contributed by atoms with E-state index < -0.39 is 5.60 Å². The number of nitrogens with zero attached hydrogens (tertiary/aromatic N) is 1. The van der Waals surface area contributed by atoms with Gasteiger partial charge in [0, 0.05) is 16.2 Å². The van der Waals surface area contributed by atoms with Crippen molar-refractivity contribution in [1.82, 2.24) is 0 Å².